The van der Waals surface area contributed by atoms with Crippen molar-refractivity contribution in [3.63, 3.8) is 0 Å². The van der Waals surface area contributed by atoms with Gasteiger partial charge in [-0.3, -0.25) is 4.31 Å². The fraction of sp³-hybridized carbons (Fsp3) is 0.368. The van der Waals surface area contributed by atoms with Gasteiger partial charge < -0.3 is 5.32 Å². The van der Waals surface area contributed by atoms with Crippen molar-refractivity contribution in [3.8, 4) is 0 Å². The lowest BCUT2D eigenvalue weighted by Crippen LogP contribution is -2.39. The van der Waals surface area contributed by atoms with Crippen LogP contribution in [-0.4, -0.2) is 21.0 Å². The van der Waals surface area contributed by atoms with E-state index in [0.29, 0.717) is 18.0 Å². The average molecular weight is 342 g/mol. The van der Waals surface area contributed by atoms with Crippen molar-refractivity contribution in [1.82, 2.24) is 5.32 Å². The first kappa shape index (κ1) is 15.7. The molecule has 5 heteroatoms. The summed E-state index contributed by atoms with van der Waals surface area (Å²) >= 11 is 0. The minimum absolute atomic E-state index is 0.0987. The first-order chi connectivity index (χ1) is 11.6. The van der Waals surface area contributed by atoms with E-state index in [4.69, 9.17) is 0 Å². The Morgan fingerprint density at radius 2 is 1.83 bits per heavy atom. The topological polar surface area (TPSA) is 49.4 Å². The molecule has 2 aliphatic rings. The lowest BCUT2D eigenvalue weighted by molar-refractivity contribution is 0.556. The van der Waals surface area contributed by atoms with Gasteiger partial charge in [-0.05, 0) is 61.1 Å². The largest absolute Gasteiger partial charge is 0.308 e. The molecule has 2 aromatic carbocycles. The summed E-state index contributed by atoms with van der Waals surface area (Å²) in [6.45, 7) is 3.15. The Balaban J connectivity index is 1.81. The van der Waals surface area contributed by atoms with Crippen molar-refractivity contribution in [2.45, 2.75) is 43.7 Å². The second kappa shape index (κ2) is 5.90. The third-order valence-corrected chi connectivity index (χ3v) is 6.77. The minimum Gasteiger partial charge on any atom is -0.308 e. The molecule has 4 rings (SSSR count). The summed E-state index contributed by atoms with van der Waals surface area (Å²) in [6, 6.07) is 13.5. The maximum Gasteiger partial charge on any atom is 0.264 e. The van der Waals surface area contributed by atoms with E-state index in [1.807, 2.05) is 43.3 Å². The van der Waals surface area contributed by atoms with Crippen LogP contribution in [0.15, 0.2) is 47.4 Å². The Kier molecular flexibility index (Phi) is 3.85. The van der Waals surface area contributed by atoms with Gasteiger partial charge in [-0.1, -0.05) is 24.3 Å². The second-order valence-corrected chi connectivity index (χ2v) is 8.59. The molecule has 0 saturated carbocycles. The molecule has 4 nitrogen and oxygen atoms in total. The third-order valence-electron chi connectivity index (χ3n) is 5.00. The number of anilines is 1. The molecule has 24 heavy (non-hydrogen) atoms. The van der Waals surface area contributed by atoms with E-state index < -0.39 is 10.0 Å². The Hall–Kier alpha value is -1.85. The Morgan fingerprint density at radius 3 is 2.71 bits per heavy atom. The van der Waals surface area contributed by atoms with Gasteiger partial charge in [0.2, 0.25) is 0 Å². The summed E-state index contributed by atoms with van der Waals surface area (Å²) in [5, 5.41) is 3.39. The highest BCUT2D eigenvalue weighted by Crippen LogP contribution is 2.31. The van der Waals surface area contributed by atoms with E-state index in [0.717, 1.165) is 30.5 Å². The number of aryl methyl sites for hydroxylation is 2. The average Bonchev–Trinajstić information content (AvgIpc) is 2.98. The van der Waals surface area contributed by atoms with Crippen LogP contribution < -0.4 is 9.62 Å². The number of nitrogens with zero attached hydrogens (tertiary/aromatic N) is 1. The fourth-order valence-electron chi connectivity index (χ4n) is 3.66. The summed E-state index contributed by atoms with van der Waals surface area (Å²) in [6.07, 6.45) is 3.16. The molecule has 0 radical (unpaired) electrons. The highest BCUT2D eigenvalue weighted by molar-refractivity contribution is 7.92. The molecule has 1 N–H and O–H groups in total. The summed E-state index contributed by atoms with van der Waals surface area (Å²) < 4.78 is 28.3. The molecule has 0 bridgehead atoms. The van der Waals surface area contributed by atoms with Gasteiger partial charge in [0.05, 0.1) is 10.6 Å². The van der Waals surface area contributed by atoms with Gasteiger partial charge in [-0.15, -0.1) is 0 Å². The van der Waals surface area contributed by atoms with Crippen LogP contribution in [0.1, 0.15) is 30.0 Å². The molecule has 126 valence electrons. The van der Waals surface area contributed by atoms with Crippen LogP contribution in [0.2, 0.25) is 0 Å². The highest BCUT2D eigenvalue weighted by atomic mass is 32.2. The van der Waals surface area contributed by atoms with Gasteiger partial charge in [0, 0.05) is 19.1 Å². The molecule has 0 spiro atoms. The molecule has 1 heterocycles. The van der Waals surface area contributed by atoms with Gasteiger partial charge in [-0.2, -0.15) is 0 Å². The SMILES string of the molecule is CC1CN(S(=O)(=O)c2ccc3c(c2)CCC3)c2ccccc2CN1. The van der Waals surface area contributed by atoms with E-state index >= 15 is 0 Å². The van der Waals surface area contributed by atoms with Crippen LogP contribution in [0.4, 0.5) is 5.69 Å². The number of hydrogen-bond acceptors (Lipinski definition) is 3. The van der Waals surface area contributed by atoms with Crippen LogP contribution in [0, 0.1) is 0 Å². The summed E-state index contributed by atoms with van der Waals surface area (Å²) in [7, 11) is -3.56. The minimum atomic E-state index is -3.56. The molecule has 1 unspecified atom stereocenters. The zero-order chi connectivity index (χ0) is 16.7. The van der Waals surface area contributed by atoms with Crippen molar-refractivity contribution in [2.75, 3.05) is 10.8 Å². The van der Waals surface area contributed by atoms with Crippen molar-refractivity contribution >= 4 is 15.7 Å². The molecule has 0 fully saturated rings. The molecule has 0 amide bonds. The van der Waals surface area contributed by atoms with Crippen LogP contribution in [0.5, 0.6) is 0 Å². The van der Waals surface area contributed by atoms with Crippen molar-refractivity contribution < 1.29 is 8.42 Å². The lowest BCUT2D eigenvalue weighted by atomic mass is 10.1. The predicted molar refractivity (Wildman–Crippen MR) is 95.7 cm³/mol. The number of para-hydroxylation sites is 1. The van der Waals surface area contributed by atoms with Crippen LogP contribution in [0.25, 0.3) is 0 Å². The summed E-state index contributed by atoms with van der Waals surface area (Å²) in [4.78, 5) is 0.409. The Morgan fingerprint density at radius 1 is 1.04 bits per heavy atom. The molecule has 1 aliphatic carbocycles. The number of fused-ring (bicyclic) bond motifs is 2. The Labute approximate surface area is 143 Å². The maximum atomic E-state index is 13.3. The zero-order valence-corrected chi connectivity index (χ0v) is 14.6. The van der Waals surface area contributed by atoms with Gasteiger partial charge in [0.15, 0.2) is 0 Å². The number of sulfonamides is 1. The highest BCUT2D eigenvalue weighted by Gasteiger charge is 2.30. The Bertz CT molecular complexity index is 877. The molecule has 2 aromatic rings. The van der Waals surface area contributed by atoms with Gasteiger partial charge >= 0.3 is 0 Å². The summed E-state index contributed by atoms with van der Waals surface area (Å²) in [5.41, 5.74) is 4.28. The second-order valence-electron chi connectivity index (χ2n) is 6.73. The number of benzene rings is 2. The molecule has 0 aromatic heterocycles. The molecular formula is C19H22N2O2S. The monoisotopic (exact) mass is 342 g/mol. The van der Waals surface area contributed by atoms with E-state index in [1.54, 1.807) is 10.4 Å². The van der Waals surface area contributed by atoms with Gasteiger partial charge in [0.1, 0.15) is 0 Å². The van der Waals surface area contributed by atoms with E-state index in [9.17, 15) is 8.42 Å². The summed E-state index contributed by atoms with van der Waals surface area (Å²) in [5.74, 6) is 0. The molecular weight excluding hydrogens is 320 g/mol. The first-order valence-corrected chi connectivity index (χ1v) is 9.95. The van der Waals surface area contributed by atoms with Gasteiger partial charge in [-0.25, -0.2) is 8.42 Å². The number of rotatable bonds is 2. The van der Waals surface area contributed by atoms with Crippen LogP contribution in [0.3, 0.4) is 0 Å². The third kappa shape index (κ3) is 2.62. The zero-order valence-electron chi connectivity index (χ0n) is 13.8. The van der Waals surface area contributed by atoms with E-state index in [1.165, 1.54) is 11.1 Å². The van der Waals surface area contributed by atoms with Crippen molar-refractivity contribution in [1.29, 1.82) is 0 Å². The van der Waals surface area contributed by atoms with Crippen LogP contribution >= 0.6 is 0 Å². The lowest BCUT2D eigenvalue weighted by Gasteiger charge is -2.26. The smallest absolute Gasteiger partial charge is 0.264 e. The normalized spacial score (nSPS) is 20.4. The van der Waals surface area contributed by atoms with E-state index in [2.05, 4.69) is 5.32 Å². The molecule has 1 atom stereocenters. The van der Waals surface area contributed by atoms with Gasteiger partial charge in [0.25, 0.3) is 10.0 Å². The molecule has 1 aliphatic heterocycles. The van der Waals surface area contributed by atoms with Crippen molar-refractivity contribution in [3.05, 3.63) is 59.2 Å². The maximum absolute atomic E-state index is 13.3. The number of hydrogen-bond donors (Lipinski definition) is 1. The first-order valence-electron chi connectivity index (χ1n) is 8.51. The van der Waals surface area contributed by atoms with Crippen molar-refractivity contribution in [2.24, 2.45) is 0 Å². The molecule has 0 saturated heterocycles. The van der Waals surface area contributed by atoms with Crippen LogP contribution in [-0.2, 0) is 29.4 Å². The number of nitrogens with one attached hydrogen (secondary N) is 1. The fourth-order valence-corrected chi connectivity index (χ4v) is 5.31. The van der Waals surface area contributed by atoms with E-state index in [-0.39, 0.29) is 6.04 Å². The predicted octanol–water partition coefficient (Wildman–Crippen LogP) is 2.86. The quantitative estimate of drug-likeness (QED) is 0.913. The standard InChI is InChI=1S/C19H22N2O2S/c1-14-13-21(19-8-3-2-5-17(19)12-20-14)24(22,23)18-10-9-15-6-4-7-16(15)11-18/h2-3,5,8-11,14,20H,4,6-7,12-13H2,1H3.